The number of hydrogen-bond donors (Lipinski definition) is 9. The van der Waals surface area contributed by atoms with Crippen LogP contribution in [0.1, 0.15) is 30.0 Å². The molecule has 4 atom stereocenters. The van der Waals surface area contributed by atoms with Crippen molar-refractivity contribution in [3.05, 3.63) is 83.4 Å². The number of carboxylic acids is 1. The summed E-state index contributed by atoms with van der Waals surface area (Å²) >= 11 is 0. The number of nitrogens with one attached hydrogen (secondary N) is 4. The summed E-state index contributed by atoms with van der Waals surface area (Å²) < 4.78 is 0. The largest absolute Gasteiger partial charge is 0.508 e. The van der Waals surface area contributed by atoms with Crippen LogP contribution in [0.4, 0.5) is 5.69 Å². The van der Waals surface area contributed by atoms with Crippen LogP contribution in [-0.2, 0) is 52.8 Å². The Kier molecular flexibility index (Phi) is 12.4. The van der Waals surface area contributed by atoms with Crippen molar-refractivity contribution in [2.45, 2.75) is 56.8 Å². The van der Waals surface area contributed by atoms with Gasteiger partial charge in [-0.25, -0.2) is 0 Å². The van der Waals surface area contributed by atoms with Crippen LogP contribution >= 0.6 is 0 Å². The first kappa shape index (κ1) is 38.2. The number of nitrogens with two attached hydrogens (primary N) is 1. The van der Waals surface area contributed by atoms with E-state index >= 15 is 0 Å². The van der Waals surface area contributed by atoms with E-state index in [9.17, 15) is 54.0 Å². The molecule has 1 aliphatic rings. The summed E-state index contributed by atoms with van der Waals surface area (Å²) in [6, 6.07) is 9.90. The molecule has 52 heavy (non-hydrogen) atoms. The lowest BCUT2D eigenvalue weighted by molar-refractivity contribution is -0.141. The Labute approximate surface area is 296 Å². The molecule has 4 unspecified atom stereocenters. The predicted octanol–water partition coefficient (Wildman–Crippen LogP) is -0.903. The maximum atomic E-state index is 14.2. The van der Waals surface area contributed by atoms with E-state index in [1.165, 1.54) is 54.6 Å². The van der Waals surface area contributed by atoms with Crippen molar-refractivity contribution in [3.8, 4) is 17.2 Å². The van der Waals surface area contributed by atoms with Crippen LogP contribution < -0.4 is 31.9 Å². The van der Waals surface area contributed by atoms with Crippen molar-refractivity contribution in [1.29, 1.82) is 0 Å². The Morgan fingerprint density at radius 1 is 0.808 bits per heavy atom. The van der Waals surface area contributed by atoms with Crippen molar-refractivity contribution < 1.29 is 54.0 Å². The SMILES string of the molecule is CC(=O)NCC(=O)NC(CC(=O)O)C(=O)NC(Cc1ccc(O)cc1)C(=O)NC1Cc2ccc(O)cc2N(C(Cc2ccc(O)cc2)C(N)=O)C1=O. The normalized spacial score (nSPS) is 15.3. The third-order valence-corrected chi connectivity index (χ3v) is 8.15. The number of nitrogens with zero attached hydrogens (tertiary/aromatic N) is 1. The number of hydrogen-bond acceptors (Lipinski definition) is 10. The summed E-state index contributed by atoms with van der Waals surface area (Å²) in [5, 5.41) is 48.7. The van der Waals surface area contributed by atoms with E-state index in [1.54, 1.807) is 12.1 Å². The molecule has 3 aromatic carbocycles. The number of aliphatic carboxylic acids is 1. The first-order chi connectivity index (χ1) is 24.6. The molecule has 6 amide bonds. The molecule has 0 spiro atoms. The second kappa shape index (κ2) is 16.8. The predicted molar refractivity (Wildman–Crippen MR) is 183 cm³/mol. The molecule has 0 bridgehead atoms. The first-order valence-electron chi connectivity index (χ1n) is 16.0. The highest BCUT2D eigenvalue weighted by Crippen LogP contribution is 2.34. The minimum absolute atomic E-state index is 0.0259. The van der Waals surface area contributed by atoms with Crippen LogP contribution in [0.15, 0.2) is 66.7 Å². The Balaban J connectivity index is 1.64. The summed E-state index contributed by atoms with van der Waals surface area (Å²) in [5.74, 6) is -6.79. The average Bonchev–Trinajstić information content (AvgIpc) is 3.08. The molecule has 0 aromatic heterocycles. The molecule has 1 heterocycles. The van der Waals surface area contributed by atoms with Gasteiger partial charge < -0.3 is 47.4 Å². The van der Waals surface area contributed by atoms with Gasteiger partial charge in [-0.2, -0.15) is 0 Å². The van der Waals surface area contributed by atoms with Gasteiger partial charge in [-0.05, 0) is 47.0 Å². The summed E-state index contributed by atoms with van der Waals surface area (Å²) in [7, 11) is 0. The third kappa shape index (κ3) is 10.2. The van der Waals surface area contributed by atoms with Crippen molar-refractivity contribution in [3.63, 3.8) is 0 Å². The van der Waals surface area contributed by atoms with Crippen LogP contribution in [-0.4, -0.2) is 92.6 Å². The highest BCUT2D eigenvalue weighted by Gasteiger charge is 2.41. The number of carboxylic acid groups (broad SMARTS) is 1. The van der Waals surface area contributed by atoms with E-state index in [-0.39, 0.29) is 42.2 Å². The van der Waals surface area contributed by atoms with Gasteiger partial charge in [0.1, 0.15) is 41.4 Å². The smallest absolute Gasteiger partial charge is 0.305 e. The zero-order valence-corrected chi connectivity index (χ0v) is 27.9. The van der Waals surface area contributed by atoms with Gasteiger partial charge >= 0.3 is 5.97 Å². The zero-order valence-electron chi connectivity index (χ0n) is 27.9. The van der Waals surface area contributed by atoms with E-state index in [1.807, 2.05) is 0 Å². The van der Waals surface area contributed by atoms with Gasteiger partial charge in [-0.1, -0.05) is 30.3 Å². The number of primary amides is 1. The Morgan fingerprint density at radius 2 is 1.38 bits per heavy atom. The number of rotatable bonds is 15. The van der Waals surface area contributed by atoms with Crippen molar-refractivity contribution in [2.75, 3.05) is 11.4 Å². The van der Waals surface area contributed by atoms with E-state index < -0.39 is 78.5 Å². The lowest BCUT2D eigenvalue weighted by atomic mass is 9.92. The molecule has 0 fully saturated rings. The van der Waals surface area contributed by atoms with E-state index in [4.69, 9.17) is 5.73 Å². The molecule has 1 aliphatic heterocycles. The quantitative estimate of drug-likeness (QED) is 0.0928. The van der Waals surface area contributed by atoms with Crippen LogP contribution in [0.3, 0.4) is 0 Å². The minimum Gasteiger partial charge on any atom is -0.508 e. The van der Waals surface area contributed by atoms with Crippen molar-refractivity contribution in [1.82, 2.24) is 21.3 Å². The summed E-state index contributed by atoms with van der Waals surface area (Å²) in [6.45, 7) is 0.610. The molecule has 17 nitrogen and oxygen atoms in total. The molecular formula is C35H38N6O11. The number of carbonyl (C=O) groups excluding carboxylic acids is 6. The Bertz CT molecular complexity index is 1850. The van der Waals surface area contributed by atoms with Gasteiger partial charge in [0.25, 0.3) is 5.91 Å². The number of carbonyl (C=O) groups is 7. The van der Waals surface area contributed by atoms with E-state index in [0.29, 0.717) is 16.7 Å². The van der Waals surface area contributed by atoms with Gasteiger partial charge in [0.2, 0.25) is 29.5 Å². The van der Waals surface area contributed by atoms with E-state index in [2.05, 4.69) is 21.3 Å². The van der Waals surface area contributed by atoms with Crippen molar-refractivity contribution >= 4 is 47.1 Å². The third-order valence-electron chi connectivity index (χ3n) is 8.15. The number of amides is 6. The fourth-order valence-corrected chi connectivity index (χ4v) is 5.61. The topological polar surface area (TPSA) is 278 Å². The van der Waals surface area contributed by atoms with Gasteiger partial charge in [-0.15, -0.1) is 0 Å². The van der Waals surface area contributed by atoms with Gasteiger partial charge in [-0.3, -0.25) is 38.5 Å². The second-order valence-electron chi connectivity index (χ2n) is 12.1. The fraction of sp³-hybridized carbons (Fsp3) is 0.286. The molecular weight excluding hydrogens is 680 g/mol. The molecule has 4 rings (SSSR count). The molecule has 0 saturated carbocycles. The molecule has 0 saturated heterocycles. The number of phenolic OH excluding ortho intramolecular Hbond substituents is 3. The van der Waals surface area contributed by atoms with Crippen LogP contribution in [0.25, 0.3) is 0 Å². The highest BCUT2D eigenvalue weighted by molar-refractivity contribution is 6.07. The van der Waals surface area contributed by atoms with E-state index in [0.717, 1.165) is 11.8 Å². The molecule has 3 aromatic rings. The van der Waals surface area contributed by atoms with Crippen LogP contribution in [0.5, 0.6) is 17.2 Å². The van der Waals surface area contributed by atoms with Gasteiger partial charge in [0.05, 0.1) is 18.7 Å². The Morgan fingerprint density at radius 3 is 1.94 bits per heavy atom. The minimum atomic E-state index is -1.67. The number of benzene rings is 3. The monoisotopic (exact) mass is 718 g/mol. The number of aromatic hydroxyl groups is 3. The average molecular weight is 719 g/mol. The Hall–Kier alpha value is -6.65. The first-order valence-corrected chi connectivity index (χ1v) is 16.0. The maximum Gasteiger partial charge on any atom is 0.305 e. The summed E-state index contributed by atoms with van der Waals surface area (Å²) in [6.07, 6.45) is -1.27. The lowest BCUT2D eigenvalue weighted by Gasteiger charge is -2.38. The maximum absolute atomic E-state index is 14.2. The number of phenols is 3. The van der Waals surface area contributed by atoms with Crippen LogP contribution in [0, 0.1) is 0 Å². The van der Waals surface area contributed by atoms with Gasteiger partial charge in [0, 0.05) is 32.3 Å². The lowest BCUT2D eigenvalue weighted by Crippen LogP contribution is -2.62. The standard InChI is InChI=1S/C35H38N6O11/c1-18(42)37-17-30(46)38-26(16-31(47)48)34(51)39-25(12-19-2-7-22(43)8-3-19)33(50)40-27-14-21-6-11-24(45)15-28(21)41(35(27)52)29(32(36)49)13-20-4-9-23(44)10-5-20/h2-11,15,25-27,29,43-45H,12-14,16-17H2,1H3,(H2,36,49)(H,37,42)(H,38,46)(H,39,51)(H,40,50)(H,47,48). The molecule has 10 N–H and O–H groups in total. The zero-order chi connectivity index (χ0) is 38.1. The molecule has 0 aliphatic carbocycles. The molecule has 17 heteroatoms. The second-order valence-corrected chi connectivity index (χ2v) is 12.1. The fourth-order valence-electron chi connectivity index (χ4n) is 5.61. The molecule has 0 radical (unpaired) electrons. The molecule has 274 valence electrons. The van der Waals surface area contributed by atoms with Crippen molar-refractivity contribution in [2.24, 2.45) is 5.73 Å². The summed E-state index contributed by atoms with van der Waals surface area (Å²) in [4.78, 5) is 90.6. The highest BCUT2D eigenvalue weighted by atomic mass is 16.4. The van der Waals surface area contributed by atoms with Crippen LogP contribution in [0.2, 0.25) is 0 Å². The van der Waals surface area contributed by atoms with Gasteiger partial charge in [0.15, 0.2) is 0 Å². The number of anilines is 1. The number of fused-ring (bicyclic) bond motifs is 1. The summed E-state index contributed by atoms with van der Waals surface area (Å²) in [5.41, 5.74) is 7.42.